The number of amides is 2. The van der Waals surface area contributed by atoms with Crippen molar-refractivity contribution in [1.82, 2.24) is 0 Å². The summed E-state index contributed by atoms with van der Waals surface area (Å²) in [5.41, 5.74) is 4.57. The molecular weight excluding hydrogens is 368 g/mol. The van der Waals surface area contributed by atoms with E-state index in [2.05, 4.69) is 21.2 Å². The van der Waals surface area contributed by atoms with E-state index in [0.717, 1.165) is 32.5 Å². The standard InChI is InChI=1S/C19H21BrN2O2/c1-12-7-13(2)9-17(8-12)21-19(24)11-22(15(4)23)18-6-5-16(20)10-14(18)3/h5-10H,11H2,1-4H3,(H,21,24). The summed E-state index contributed by atoms with van der Waals surface area (Å²) in [6, 6.07) is 11.5. The maximum absolute atomic E-state index is 12.4. The highest BCUT2D eigenvalue weighted by Crippen LogP contribution is 2.24. The van der Waals surface area contributed by atoms with Gasteiger partial charge in [0.1, 0.15) is 6.54 Å². The SMILES string of the molecule is CC(=O)N(CC(=O)Nc1cc(C)cc(C)c1)c1ccc(Br)cc1C. The normalized spacial score (nSPS) is 10.4. The molecule has 126 valence electrons. The van der Waals surface area contributed by atoms with Crippen molar-refractivity contribution in [2.24, 2.45) is 0 Å². The second-order valence-electron chi connectivity index (χ2n) is 5.96. The van der Waals surface area contributed by atoms with Gasteiger partial charge in [-0.3, -0.25) is 9.59 Å². The van der Waals surface area contributed by atoms with Crippen LogP contribution in [0.25, 0.3) is 0 Å². The number of carbonyl (C=O) groups is 2. The van der Waals surface area contributed by atoms with Crippen LogP contribution in [0.15, 0.2) is 40.9 Å². The molecule has 24 heavy (non-hydrogen) atoms. The summed E-state index contributed by atoms with van der Waals surface area (Å²) >= 11 is 3.41. The Morgan fingerprint density at radius 1 is 1.04 bits per heavy atom. The molecule has 1 N–H and O–H groups in total. The zero-order valence-electron chi connectivity index (χ0n) is 14.3. The number of nitrogens with zero attached hydrogens (tertiary/aromatic N) is 1. The van der Waals surface area contributed by atoms with Gasteiger partial charge < -0.3 is 10.2 Å². The molecule has 0 aliphatic heterocycles. The fourth-order valence-corrected chi connectivity index (χ4v) is 3.15. The fourth-order valence-electron chi connectivity index (χ4n) is 2.68. The predicted octanol–water partition coefficient (Wildman–Crippen LogP) is 4.37. The Morgan fingerprint density at radius 3 is 2.21 bits per heavy atom. The van der Waals surface area contributed by atoms with E-state index in [-0.39, 0.29) is 18.4 Å². The summed E-state index contributed by atoms with van der Waals surface area (Å²) in [7, 11) is 0. The topological polar surface area (TPSA) is 49.4 Å². The Hall–Kier alpha value is -2.14. The maximum Gasteiger partial charge on any atom is 0.244 e. The number of hydrogen-bond acceptors (Lipinski definition) is 2. The van der Waals surface area contributed by atoms with Crippen LogP contribution in [0.2, 0.25) is 0 Å². The molecule has 2 amide bonds. The third-order valence-corrected chi connectivity index (χ3v) is 4.13. The fraction of sp³-hybridized carbons (Fsp3) is 0.263. The quantitative estimate of drug-likeness (QED) is 0.845. The molecule has 0 bridgehead atoms. The number of aryl methyl sites for hydroxylation is 3. The molecule has 0 fully saturated rings. The van der Waals surface area contributed by atoms with Crippen molar-refractivity contribution in [2.75, 3.05) is 16.8 Å². The molecule has 0 aromatic heterocycles. The molecule has 5 heteroatoms. The van der Waals surface area contributed by atoms with Gasteiger partial charge in [-0.05, 0) is 67.8 Å². The van der Waals surface area contributed by atoms with Gasteiger partial charge in [0.05, 0.1) is 0 Å². The minimum Gasteiger partial charge on any atom is -0.325 e. The molecule has 2 rings (SSSR count). The van der Waals surface area contributed by atoms with E-state index < -0.39 is 0 Å². The molecule has 0 saturated carbocycles. The van der Waals surface area contributed by atoms with Gasteiger partial charge in [-0.2, -0.15) is 0 Å². The Morgan fingerprint density at radius 2 is 1.67 bits per heavy atom. The van der Waals surface area contributed by atoms with Crippen LogP contribution < -0.4 is 10.2 Å². The highest BCUT2D eigenvalue weighted by molar-refractivity contribution is 9.10. The van der Waals surface area contributed by atoms with E-state index in [4.69, 9.17) is 0 Å². The van der Waals surface area contributed by atoms with Crippen LogP contribution >= 0.6 is 15.9 Å². The summed E-state index contributed by atoms with van der Waals surface area (Å²) in [6.45, 7) is 7.32. The average Bonchev–Trinajstić information content (AvgIpc) is 2.44. The van der Waals surface area contributed by atoms with E-state index >= 15 is 0 Å². The van der Waals surface area contributed by atoms with Gasteiger partial charge in [-0.1, -0.05) is 22.0 Å². The Kier molecular flexibility index (Phi) is 5.78. The van der Waals surface area contributed by atoms with E-state index in [1.807, 2.05) is 57.2 Å². The van der Waals surface area contributed by atoms with Crippen molar-refractivity contribution in [3.63, 3.8) is 0 Å². The molecule has 0 aliphatic rings. The van der Waals surface area contributed by atoms with Gasteiger partial charge in [0.25, 0.3) is 0 Å². The van der Waals surface area contributed by atoms with E-state index in [0.29, 0.717) is 0 Å². The minimum absolute atomic E-state index is 0.0230. The number of carbonyl (C=O) groups excluding carboxylic acids is 2. The zero-order valence-corrected chi connectivity index (χ0v) is 15.9. The van der Waals surface area contributed by atoms with Crippen molar-refractivity contribution in [1.29, 1.82) is 0 Å². The molecule has 2 aromatic rings. The van der Waals surface area contributed by atoms with Gasteiger partial charge in [0.15, 0.2) is 0 Å². The van der Waals surface area contributed by atoms with Crippen LogP contribution in [0.4, 0.5) is 11.4 Å². The first-order chi connectivity index (χ1) is 11.3. The van der Waals surface area contributed by atoms with Gasteiger partial charge in [-0.15, -0.1) is 0 Å². The van der Waals surface area contributed by atoms with Gasteiger partial charge in [-0.25, -0.2) is 0 Å². The maximum atomic E-state index is 12.4. The zero-order chi connectivity index (χ0) is 17.9. The Labute approximate surface area is 151 Å². The van der Waals surface area contributed by atoms with Gasteiger partial charge >= 0.3 is 0 Å². The lowest BCUT2D eigenvalue weighted by Crippen LogP contribution is -2.37. The summed E-state index contributed by atoms with van der Waals surface area (Å²) in [4.78, 5) is 25.9. The lowest BCUT2D eigenvalue weighted by molar-refractivity contribution is -0.120. The van der Waals surface area contributed by atoms with Crippen molar-refractivity contribution in [3.8, 4) is 0 Å². The lowest BCUT2D eigenvalue weighted by atomic mass is 10.1. The van der Waals surface area contributed by atoms with Crippen LogP contribution in [-0.2, 0) is 9.59 Å². The first kappa shape index (κ1) is 18.2. The van der Waals surface area contributed by atoms with Crippen LogP contribution in [0, 0.1) is 20.8 Å². The molecule has 0 unspecified atom stereocenters. The van der Waals surface area contributed by atoms with E-state index in [1.165, 1.54) is 11.8 Å². The number of hydrogen-bond donors (Lipinski definition) is 1. The summed E-state index contributed by atoms with van der Waals surface area (Å²) < 4.78 is 0.937. The monoisotopic (exact) mass is 388 g/mol. The van der Waals surface area contributed by atoms with E-state index in [1.54, 1.807) is 0 Å². The number of anilines is 2. The second kappa shape index (κ2) is 7.62. The molecule has 0 spiro atoms. The number of rotatable bonds is 4. The molecule has 0 atom stereocenters. The first-order valence-electron chi connectivity index (χ1n) is 7.68. The third-order valence-electron chi connectivity index (χ3n) is 3.64. The highest BCUT2D eigenvalue weighted by atomic mass is 79.9. The third kappa shape index (κ3) is 4.68. The molecule has 0 heterocycles. The molecule has 4 nitrogen and oxygen atoms in total. The number of nitrogens with one attached hydrogen (secondary N) is 1. The molecule has 0 aliphatic carbocycles. The van der Waals surface area contributed by atoms with Crippen molar-refractivity contribution < 1.29 is 9.59 Å². The highest BCUT2D eigenvalue weighted by Gasteiger charge is 2.18. The predicted molar refractivity (Wildman–Crippen MR) is 101 cm³/mol. The van der Waals surface area contributed by atoms with Crippen molar-refractivity contribution >= 4 is 39.1 Å². The lowest BCUT2D eigenvalue weighted by Gasteiger charge is -2.23. The van der Waals surface area contributed by atoms with Crippen LogP contribution in [0.3, 0.4) is 0 Å². The minimum atomic E-state index is -0.225. The van der Waals surface area contributed by atoms with E-state index in [9.17, 15) is 9.59 Å². The number of halogens is 1. The Bertz CT molecular complexity index is 767. The van der Waals surface area contributed by atoms with Crippen LogP contribution in [0.5, 0.6) is 0 Å². The molecular formula is C19H21BrN2O2. The largest absolute Gasteiger partial charge is 0.325 e. The first-order valence-corrected chi connectivity index (χ1v) is 8.48. The van der Waals surface area contributed by atoms with Gasteiger partial charge in [0, 0.05) is 22.8 Å². The average molecular weight is 389 g/mol. The van der Waals surface area contributed by atoms with Crippen molar-refractivity contribution in [2.45, 2.75) is 27.7 Å². The Balaban J connectivity index is 2.18. The smallest absolute Gasteiger partial charge is 0.244 e. The summed E-state index contributed by atoms with van der Waals surface area (Å²) in [6.07, 6.45) is 0. The second-order valence-corrected chi connectivity index (χ2v) is 6.88. The van der Waals surface area contributed by atoms with Crippen LogP contribution in [0.1, 0.15) is 23.6 Å². The van der Waals surface area contributed by atoms with Crippen LogP contribution in [-0.4, -0.2) is 18.4 Å². The molecule has 2 aromatic carbocycles. The summed E-state index contributed by atoms with van der Waals surface area (Å²) in [5, 5.41) is 2.87. The number of benzene rings is 2. The van der Waals surface area contributed by atoms with Gasteiger partial charge in [0.2, 0.25) is 11.8 Å². The van der Waals surface area contributed by atoms with Crippen molar-refractivity contribution in [3.05, 3.63) is 57.6 Å². The molecule has 0 saturated heterocycles. The molecule has 0 radical (unpaired) electrons. The summed E-state index contributed by atoms with van der Waals surface area (Å²) in [5.74, 6) is -0.395.